The fourth-order valence-corrected chi connectivity index (χ4v) is 0.354. The van der Waals surface area contributed by atoms with Crippen LogP contribution in [0.3, 0.4) is 0 Å². The van der Waals surface area contributed by atoms with E-state index < -0.39 is 0 Å². The van der Waals surface area contributed by atoms with Crippen molar-refractivity contribution in [2.45, 2.75) is 122 Å². The van der Waals surface area contributed by atoms with E-state index in [1.807, 2.05) is 41.5 Å². The third kappa shape index (κ3) is 735. The first-order valence-corrected chi connectivity index (χ1v) is 9.08. The minimum absolute atomic E-state index is 1.25. The molecule has 0 spiro atoms. The van der Waals surface area contributed by atoms with Gasteiger partial charge in [-0.15, -0.1) is 12.8 Å². The first-order chi connectivity index (χ1) is 9.74. The molecule has 0 rings (SSSR count). The summed E-state index contributed by atoms with van der Waals surface area (Å²) in [5.74, 6) is 0. The van der Waals surface area contributed by atoms with E-state index in [-0.39, 0.29) is 0 Å². The molecule has 0 radical (unpaired) electrons. The van der Waals surface area contributed by atoms with Crippen LogP contribution in [0.15, 0.2) is 0 Å². The smallest absolute Gasteiger partial charge is 0.0538 e. The zero-order chi connectivity index (χ0) is 18.2. The molecule has 0 aromatic carbocycles. The number of unbranched alkanes of at least 4 members (excludes halogenated alkanes) is 3. The fraction of sp³-hybridized carbons (Fsp3) is 0.900. The molecule has 0 saturated heterocycles. The van der Waals surface area contributed by atoms with Gasteiger partial charge in [-0.3, -0.25) is 0 Å². The van der Waals surface area contributed by atoms with Gasteiger partial charge in [0.15, 0.2) is 0 Å². The van der Waals surface area contributed by atoms with Gasteiger partial charge >= 0.3 is 0 Å². The van der Waals surface area contributed by atoms with Gasteiger partial charge in [0.2, 0.25) is 0 Å². The molecule has 0 saturated carbocycles. The van der Waals surface area contributed by atoms with Crippen LogP contribution >= 0.6 is 0 Å². The predicted octanol–water partition coefficient (Wildman–Crippen LogP) is 8.75. The molecule has 0 heterocycles. The van der Waals surface area contributed by atoms with Crippen molar-refractivity contribution in [1.82, 2.24) is 0 Å². The van der Waals surface area contributed by atoms with Crippen LogP contribution in [0, 0.1) is 12.8 Å². The van der Waals surface area contributed by atoms with Crippen LogP contribution in [0.2, 0.25) is 0 Å². The Balaban J connectivity index is -0.0000000206. The second-order valence-electron chi connectivity index (χ2n) is 3.06. The molecular weight excluding hydrogens is 240 g/mol. The van der Waals surface area contributed by atoms with Crippen LogP contribution in [0.4, 0.5) is 0 Å². The SMILES string of the molecule is C#C.CC.CC.CC.CCC.CCCC.CCCCC. The van der Waals surface area contributed by atoms with Crippen molar-refractivity contribution in [3.8, 4) is 12.8 Å². The van der Waals surface area contributed by atoms with Crippen molar-refractivity contribution < 1.29 is 0 Å². The summed E-state index contributed by atoms with van der Waals surface area (Å²) in [5, 5.41) is 0. The van der Waals surface area contributed by atoms with E-state index in [0.717, 1.165) is 0 Å². The van der Waals surface area contributed by atoms with E-state index in [2.05, 4.69) is 54.4 Å². The molecule has 0 unspecified atom stereocenters. The lowest BCUT2D eigenvalue weighted by Gasteiger charge is -1.79. The molecule has 0 amide bonds. The van der Waals surface area contributed by atoms with Crippen molar-refractivity contribution >= 4 is 0 Å². The summed E-state index contributed by atoms with van der Waals surface area (Å²) in [4.78, 5) is 0. The maximum absolute atomic E-state index is 4.00. The summed E-state index contributed by atoms with van der Waals surface area (Å²) in [7, 11) is 0. The minimum atomic E-state index is 1.25. The average molecular weight is 291 g/mol. The largest absolute Gasteiger partial charge is 0.124 e. The molecule has 130 valence electrons. The van der Waals surface area contributed by atoms with E-state index in [0.29, 0.717) is 0 Å². The van der Waals surface area contributed by atoms with Crippen LogP contribution in [0.25, 0.3) is 0 Å². The Labute approximate surface area is 135 Å². The van der Waals surface area contributed by atoms with E-state index in [1.165, 1.54) is 38.5 Å². The van der Waals surface area contributed by atoms with Crippen LogP contribution in [-0.2, 0) is 0 Å². The molecule has 0 bridgehead atoms. The maximum atomic E-state index is 4.00. The first-order valence-electron chi connectivity index (χ1n) is 9.08. The lowest BCUT2D eigenvalue weighted by Crippen LogP contribution is -1.59. The molecule has 0 aromatic heterocycles. The highest BCUT2D eigenvalue weighted by atomic mass is 13.7. The first kappa shape index (κ1) is 42.7. The molecule has 20 heavy (non-hydrogen) atoms. The zero-order valence-electron chi connectivity index (χ0n) is 17.4. The Morgan fingerprint density at radius 3 is 0.600 bits per heavy atom. The summed E-state index contributed by atoms with van der Waals surface area (Å²) >= 11 is 0. The zero-order valence-corrected chi connectivity index (χ0v) is 17.4. The highest BCUT2D eigenvalue weighted by molar-refractivity contribution is 4.47. The van der Waals surface area contributed by atoms with Gasteiger partial charge in [-0.1, -0.05) is 122 Å². The van der Waals surface area contributed by atoms with Crippen LogP contribution in [-0.4, -0.2) is 0 Å². The highest BCUT2D eigenvalue weighted by Gasteiger charge is 1.68. The molecule has 0 aliphatic carbocycles. The van der Waals surface area contributed by atoms with Crippen molar-refractivity contribution in [3.05, 3.63) is 0 Å². The molecule has 0 nitrogen and oxygen atoms in total. The van der Waals surface area contributed by atoms with E-state index in [4.69, 9.17) is 0 Å². The summed E-state index contributed by atoms with van der Waals surface area (Å²) in [6.45, 7) is 25.0. The molecular formula is C20H50. The summed E-state index contributed by atoms with van der Waals surface area (Å²) in [6, 6.07) is 0. The molecule has 0 aromatic rings. The maximum Gasteiger partial charge on any atom is -0.0538 e. The van der Waals surface area contributed by atoms with Crippen molar-refractivity contribution in [1.29, 1.82) is 0 Å². The molecule has 0 aliphatic heterocycles. The third-order valence-corrected chi connectivity index (χ3v) is 1.21. The van der Waals surface area contributed by atoms with Gasteiger partial charge in [0.1, 0.15) is 0 Å². The van der Waals surface area contributed by atoms with E-state index in [9.17, 15) is 0 Å². The Hall–Kier alpha value is -0.440. The second kappa shape index (κ2) is 185. The number of rotatable bonds is 3. The van der Waals surface area contributed by atoms with Gasteiger partial charge in [-0.25, -0.2) is 0 Å². The second-order valence-corrected chi connectivity index (χ2v) is 3.06. The van der Waals surface area contributed by atoms with Crippen molar-refractivity contribution in [3.63, 3.8) is 0 Å². The van der Waals surface area contributed by atoms with E-state index >= 15 is 0 Å². The Morgan fingerprint density at radius 1 is 0.450 bits per heavy atom. The van der Waals surface area contributed by atoms with Gasteiger partial charge in [0, 0.05) is 0 Å². The van der Waals surface area contributed by atoms with Gasteiger partial charge in [0.25, 0.3) is 0 Å². The molecule has 0 fully saturated rings. The van der Waals surface area contributed by atoms with Crippen LogP contribution < -0.4 is 0 Å². The Kier molecular flexibility index (Phi) is 395. The monoisotopic (exact) mass is 290 g/mol. The quantitative estimate of drug-likeness (QED) is 0.456. The topological polar surface area (TPSA) is 0 Å². The molecule has 0 atom stereocenters. The predicted molar refractivity (Wildman–Crippen MR) is 106 cm³/mol. The number of hydrogen-bond acceptors (Lipinski definition) is 0. The standard InChI is InChI=1S/C5H12.C4H10.C3H8.3C2H6.C2H2/c1-3-5-4-2;1-3-4-2;1-3-2;4*1-2/h3-5H2,1-2H3;3-4H2,1-2H3;3H2,1-2H3;3*1-2H3;1-2H. The lowest BCUT2D eigenvalue weighted by molar-refractivity contribution is 0.772. The fourth-order valence-electron chi connectivity index (χ4n) is 0.354. The number of terminal acetylenes is 1. The van der Waals surface area contributed by atoms with Crippen LogP contribution in [0.5, 0.6) is 0 Å². The van der Waals surface area contributed by atoms with Crippen molar-refractivity contribution in [2.75, 3.05) is 0 Å². The Bertz CT molecular complexity index is 48.3. The molecule has 0 N–H and O–H groups in total. The van der Waals surface area contributed by atoms with E-state index in [1.54, 1.807) is 0 Å². The average Bonchev–Trinajstić information content (AvgIpc) is 2.57. The minimum Gasteiger partial charge on any atom is -0.124 e. The number of hydrogen-bond donors (Lipinski definition) is 0. The lowest BCUT2D eigenvalue weighted by atomic mass is 10.3. The van der Waals surface area contributed by atoms with Gasteiger partial charge in [0.05, 0.1) is 0 Å². The molecule has 0 heteroatoms. The van der Waals surface area contributed by atoms with Crippen LogP contribution in [0.1, 0.15) is 122 Å². The van der Waals surface area contributed by atoms with Gasteiger partial charge in [-0.2, -0.15) is 0 Å². The molecule has 0 aliphatic rings. The Morgan fingerprint density at radius 2 is 0.600 bits per heavy atom. The summed E-state index contributed by atoms with van der Waals surface area (Å²) < 4.78 is 0. The normalized spacial score (nSPS) is 5.50. The van der Waals surface area contributed by atoms with Gasteiger partial charge in [-0.05, 0) is 0 Å². The summed E-state index contributed by atoms with van der Waals surface area (Å²) in [6.07, 6.45) is 16.0. The van der Waals surface area contributed by atoms with Crippen molar-refractivity contribution in [2.24, 2.45) is 0 Å². The third-order valence-electron chi connectivity index (χ3n) is 1.21. The highest BCUT2D eigenvalue weighted by Crippen LogP contribution is 1.88. The summed E-state index contributed by atoms with van der Waals surface area (Å²) in [5.41, 5.74) is 0. The van der Waals surface area contributed by atoms with Gasteiger partial charge < -0.3 is 0 Å².